The van der Waals surface area contributed by atoms with E-state index in [1.807, 2.05) is 55.5 Å². The Morgan fingerprint density at radius 3 is 2.47 bits per heavy atom. The lowest BCUT2D eigenvalue weighted by Gasteiger charge is -2.27. The first-order valence-corrected chi connectivity index (χ1v) is 10.4. The molecule has 0 bridgehead atoms. The van der Waals surface area contributed by atoms with E-state index in [2.05, 4.69) is 10.4 Å². The number of ether oxygens (including phenoxy) is 1. The Kier molecular flexibility index (Phi) is 6.18. The quantitative estimate of drug-likeness (QED) is 0.459. The molecular weight excluding hydrogens is 409 g/mol. The van der Waals surface area contributed by atoms with Crippen LogP contribution >= 0.6 is 0 Å². The van der Waals surface area contributed by atoms with Gasteiger partial charge in [0, 0.05) is 5.39 Å². The number of carbonyl (C=O) groups is 1. The maximum atomic E-state index is 13.3. The number of aliphatic hydroxyl groups excluding tert-OH is 1. The van der Waals surface area contributed by atoms with Gasteiger partial charge in [-0.3, -0.25) is 4.79 Å². The lowest BCUT2D eigenvalue weighted by atomic mass is 10.0. The molecule has 0 spiro atoms. The third-order valence-corrected chi connectivity index (χ3v) is 5.21. The summed E-state index contributed by atoms with van der Waals surface area (Å²) in [5.41, 5.74) is 2.51. The molecule has 1 unspecified atom stereocenters. The molecule has 3 aromatic carbocycles. The second-order valence-electron chi connectivity index (χ2n) is 7.68. The molecule has 7 heteroatoms. The zero-order valence-electron chi connectivity index (χ0n) is 17.8. The topological polar surface area (TPSA) is 76.4 Å². The van der Waals surface area contributed by atoms with Crippen LogP contribution in [0.25, 0.3) is 16.6 Å². The largest absolute Gasteiger partial charge is 0.484 e. The summed E-state index contributed by atoms with van der Waals surface area (Å²) >= 11 is 0. The van der Waals surface area contributed by atoms with Gasteiger partial charge in [0.2, 0.25) is 5.91 Å². The van der Waals surface area contributed by atoms with Crippen LogP contribution in [-0.4, -0.2) is 32.9 Å². The monoisotopic (exact) mass is 433 g/mol. The van der Waals surface area contributed by atoms with Crippen LogP contribution in [0.4, 0.5) is 4.39 Å². The number of carbonyl (C=O) groups excluding carboxylic acids is 1. The minimum Gasteiger partial charge on any atom is -0.484 e. The van der Waals surface area contributed by atoms with Crippen LogP contribution in [0.15, 0.2) is 79.0 Å². The summed E-state index contributed by atoms with van der Waals surface area (Å²) in [6.45, 7) is 3.26. The van der Waals surface area contributed by atoms with Crippen molar-refractivity contribution >= 4 is 16.8 Å². The van der Waals surface area contributed by atoms with E-state index in [1.165, 1.54) is 19.1 Å². The molecule has 164 valence electrons. The zero-order valence-corrected chi connectivity index (χ0v) is 17.8. The Morgan fingerprint density at radius 1 is 1.06 bits per heavy atom. The Morgan fingerprint density at radius 2 is 1.78 bits per heavy atom. The number of aromatic nitrogens is 2. The highest BCUT2D eigenvalue weighted by atomic mass is 19.1. The summed E-state index contributed by atoms with van der Waals surface area (Å²) in [5, 5.41) is 17.6. The van der Waals surface area contributed by atoms with E-state index < -0.39 is 24.2 Å². The molecule has 0 aliphatic heterocycles. The molecule has 1 aromatic heterocycles. The van der Waals surface area contributed by atoms with Crippen molar-refractivity contribution in [3.05, 3.63) is 90.4 Å². The Bertz CT molecular complexity index is 1210. The SMILES string of the molecule is CC(O)C(=O)N[C@@H](C)[C@H](Oc1ccc2c(cnn2-c2ccc(F)cc2)c1)c1ccccc1. The predicted octanol–water partition coefficient (Wildman–Crippen LogP) is 4.17. The van der Waals surface area contributed by atoms with Crippen molar-refractivity contribution in [3.8, 4) is 11.4 Å². The highest BCUT2D eigenvalue weighted by molar-refractivity contribution is 5.82. The molecule has 32 heavy (non-hydrogen) atoms. The molecule has 0 radical (unpaired) electrons. The molecule has 0 aliphatic carbocycles. The van der Waals surface area contributed by atoms with E-state index in [0.717, 1.165) is 22.2 Å². The van der Waals surface area contributed by atoms with Crippen LogP contribution in [0.3, 0.4) is 0 Å². The number of hydrogen-bond donors (Lipinski definition) is 2. The first-order valence-electron chi connectivity index (χ1n) is 10.4. The van der Waals surface area contributed by atoms with Gasteiger partial charge in [-0.1, -0.05) is 30.3 Å². The number of hydrogen-bond acceptors (Lipinski definition) is 4. The first-order chi connectivity index (χ1) is 15.4. The number of fused-ring (bicyclic) bond motifs is 1. The van der Waals surface area contributed by atoms with E-state index >= 15 is 0 Å². The van der Waals surface area contributed by atoms with Crippen LogP contribution < -0.4 is 10.1 Å². The molecule has 1 amide bonds. The molecule has 6 nitrogen and oxygen atoms in total. The number of rotatable bonds is 7. The summed E-state index contributed by atoms with van der Waals surface area (Å²) in [5.74, 6) is -0.147. The van der Waals surface area contributed by atoms with E-state index in [0.29, 0.717) is 5.75 Å². The number of halogens is 1. The van der Waals surface area contributed by atoms with Gasteiger partial charge in [-0.2, -0.15) is 5.10 Å². The highest BCUT2D eigenvalue weighted by Crippen LogP contribution is 2.29. The summed E-state index contributed by atoms with van der Waals surface area (Å²) in [4.78, 5) is 12.0. The third-order valence-electron chi connectivity index (χ3n) is 5.21. The summed E-state index contributed by atoms with van der Waals surface area (Å²) in [6.07, 6.45) is 0.146. The fourth-order valence-corrected chi connectivity index (χ4v) is 3.54. The number of nitrogens with one attached hydrogen (secondary N) is 1. The predicted molar refractivity (Wildman–Crippen MR) is 120 cm³/mol. The minimum absolute atomic E-state index is 0.301. The van der Waals surface area contributed by atoms with E-state index in [-0.39, 0.29) is 5.82 Å². The Labute approximate surface area is 185 Å². The van der Waals surface area contributed by atoms with Crippen LogP contribution in [0.5, 0.6) is 5.75 Å². The van der Waals surface area contributed by atoms with Crippen LogP contribution in [0, 0.1) is 5.82 Å². The van der Waals surface area contributed by atoms with Gasteiger partial charge in [0.05, 0.1) is 23.4 Å². The van der Waals surface area contributed by atoms with E-state index in [9.17, 15) is 14.3 Å². The number of benzene rings is 3. The molecule has 0 saturated heterocycles. The normalized spacial score (nSPS) is 14.0. The molecule has 4 rings (SSSR count). The van der Waals surface area contributed by atoms with Crippen molar-refractivity contribution in [2.45, 2.75) is 32.1 Å². The first kappa shape index (κ1) is 21.5. The summed E-state index contributed by atoms with van der Waals surface area (Å²) in [7, 11) is 0. The zero-order chi connectivity index (χ0) is 22.7. The average molecular weight is 433 g/mol. The molecule has 0 fully saturated rings. The molecule has 3 atom stereocenters. The summed E-state index contributed by atoms with van der Waals surface area (Å²) < 4.78 is 21.3. The highest BCUT2D eigenvalue weighted by Gasteiger charge is 2.24. The van der Waals surface area contributed by atoms with Crippen LogP contribution in [0.2, 0.25) is 0 Å². The number of amides is 1. The molecular formula is C25H24FN3O3. The van der Waals surface area contributed by atoms with Crippen molar-refractivity contribution in [2.75, 3.05) is 0 Å². The van der Waals surface area contributed by atoms with Gasteiger partial charge in [-0.05, 0) is 61.9 Å². The van der Waals surface area contributed by atoms with E-state index in [1.54, 1.807) is 23.0 Å². The van der Waals surface area contributed by atoms with E-state index in [4.69, 9.17) is 4.74 Å². The van der Waals surface area contributed by atoms with Crippen molar-refractivity contribution in [1.82, 2.24) is 15.1 Å². The smallest absolute Gasteiger partial charge is 0.248 e. The number of aliphatic hydroxyl groups is 1. The van der Waals surface area contributed by atoms with Gasteiger partial charge in [-0.25, -0.2) is 9.07 Å². The minimum atomic E-state index is -1.11. The fourth-order valence-electron chi connectivity index (χ4n) is 3.54. The molecule has 4 aromatic rings. The van der Waals surface area contributed by atoms with Crippen LogP contribution in [0.1, 0.15) is 25.5 Å². The molecule has 1 heterocycles. The van der Waals surface area contributed by atoms with Crippen molar-refractivity contribution in [1.29, 1.82) is 0 Å². The van der Waals surface area contributed by atoms with Gasteiger partial charge in [0.25, 0.3) is 0 Å². The van der Waals surface area contributed by atoms with Gasteiger partial charge in [0.15, 0.2) is 0 Å². The van der Waals surface area contributed by atoms with Crippen molar-refractivity contribution in [2.24, 2.45) is 0 Å². The van der Waals surface area contributed by atoms with Gasteiger partial charge < -0.3 is 15.2 Å². The van der Waals surface area contributed by atoms with Crippen molar-refractivity contribution < 1.29 is 19.0 Å². The lowest BCUT2D eigenvalue weighted by Crippen LogP contribution is -2.43. The average Bonchev–Trinajstić information content (AvgIpc) is 3.21. The third kappa shape index (κ3) is 4.63. The molecule has 2 N–H and O–H groups in total. The van der Waals surface area contributed by atoms with Crippen molar-refractivity contribution in [3.63, 3.8) is 0 Å². The second-order valence-corrected chi connectivity index (χ2v) is 7.68. The standard InChI is InChI=1S/C25H24FN3O3/c1-16(28-25(31)17(2)30)24(18-6-4-3-5-7-18)32-22-12-13-23-19(14-22)15-27-29(23)21-10-8-20(26)9-11-21/h3-17,24,30H,1-2H3,(H,28,31)/t16-,17?,24-/m0/s1. The fraction of sp³-hybridized carbons (Fsp3) is 0.200. The van der Waals surface area contributed by atoms with Gasteiger partial charge in [0.1, 0.15) is 23.8 Å². The maximum Gasteiger partial charge on any atom is 0.248 e. The molecule has 0 aliphatic rings. The second kappa shape index (κ2) is 9.20. The lowest BCUT2D eigenvalue weighted by molar-refractivity contribution is -0.129. The Balaban J connectivity index is 1.62. The van der Waals surface area contributed by atoms with Gasteiger partial charge in [-0.15, -0.1) is 0 Å². The van der Waals surface area contributed by atoms with Gasteiger partial charge >= 0.3 is 0 Å². The summed E-state index contributed by atoms with van der Waals surface area (Å²) in [6, 6.07) is 20.9. The maximum absolute atomic E-state index is 13.3. The molecule has 0 saturated carbocycles. The van der Waals surface area contributed by atoms with Crippen LogP contribution in [-0.2, 0) is 4.79 Å². The number of nitrogens with zero attached hydrogens (tertiary/aromatic N) is 2. The Hall–Kier alpha value is -3.71.